The van der Waals surface area contributed by atoms with Crippen molar-refractivity contribution in [2.45, 2.75) is 89.9 Å². The number of rotatable bonds is 12. The number of nitrogen functional groups attached to an aromatic ring is 2. The van der Waals surface area contributed by atoms with Gasteiger partial charge in [-0.2, -0.15) is 0 Å². The fourth-order valence-electron chi connectivity index (χ4n) is 8.29. The first-order chi connectivity index (χ1) is 20.2. The van der Waals surface area contributed by atoms with Crippen molar-refractivity contribution in [1.29, 1.82) is 0 Å². The predicted molar refractivity (Wildman–Crippen MR) is 183 cm³/mol. The van der Waals surface area contributed by atoms with Gasteiger partial charge in [-0.05, 0) is 54.5 Å². The zero-order valence-corrected chi connectivity index (χ0v) is 27.3. The summed E-state index contributed by atoms with van der Waals surface area (Å²) in [7, 11) is 0. The summed E-state index contributed by atoms with van der Waals surface area (Å²) in [6.45, 7) is 13.3. The number of amides is 2. The molecule has 2 aliphatic heterocycles. The van der Waals surface area contributed by atoms with Crippen LogP contribution in [0.15, 0.2) is 48.5 Å². The molecule has 6 rings (SSSR count). The van der Waals surface area contributed by atoms with E-state index >= 15 is 0 Å². The first kappa shape index (κ1) is 36.7. The van der Waals surface area contributed by atoms with Crippen molar-refractivity contribution in [3.05, 3.63) is 59.7 Å². The average molecular weight is 611 g/mol. The maximum atomic E-state index is 12.6. The molecule has 0 bridgehead atoms. The molecule has 0 radical (unpaired) electrons. The number of nitrogens with two attached hydrogens (primary N) is 2. The zero-order valence-electron chi connectivity index (χ0n) is 28.3. The summed E-state index contributed by atoms with van der Waals surface area (Å²) in [4.78, 5) is 29.3. The first-order valence-corrected chi connectivity index (χ1v) is 16.5. The predicted octanol–water partition coefficient (Wildman–Crippen LogP) is 2.32. The topological polar surface area (TPSA) is 92.7 Å². The second-order valence-corrected chi connectivity index (χ2v) is 13.6. The molecule has 4 N–H and O–H groups in total. The van der Waals surface area contributed by atoms with Gasteiger partial charge in [0.15, 0.2) is 17.4 Å². The van der Waals surface area contributed by atoms with Gasteiger partial charge < -0.3 is 17.8 Å². The number of unbranched alkanes of at least 4 members (excludes halogenated alkanes) is 6. The van der Waals surface area contributed by atoms with E-state index in [2.05, 4.69) is 43.9 Å². The Balaban J connectivity index is 0.000000295. The number of carbonyl (C=O) groups is 2. The number of fused-ring (bicyclic) bond motifs is 2. The Morgan fingerprint density at radius 1 is 0.705 bits per heavy atom. The maximum Gasteiger partial charge on any atom is 1.00 e. The molecule has 44 heavy (non-hydrogen) atoms. The monoisotopic (exact) mass is 610 g/mol. The number of nitrogens with zero attached hydrogens (tertiary/aromatic N) is 2. The van der Waals surface area contributed by atoms with Crippen LogP contribution in [-0.4, -0.2) is 65.2 Å². The molecule has 6 nitrogen and oxygen atoms in total. The van der Waals surface area contributed by atoms with Crippen LogP contribution < -0.4 is 30.3 Å². The third-order valence-corrected chi connectivity index (χ3v) is 11.1. The molecule has 2 saturated carbocycles. The van der Waals surface area contributed by atoms with Crippen molar-refractivity contribution in [2.75, 3.05) is 37.6 Å². The van der Waals surface area contributed by atoms with E-state index < -0.39 is 5.41 Å². The van der Waals surface area contributed by atoms with Gasteiger partial charge in [0.25, 0.3) is 0 Å². The molecule has 2 aliphatic carbocycles. The minimum atomic E-state index is -0.403. The van der Waals surface area contributed by atoms with E-state index in [-0.39, 0.29) is 61.3 Å². The molecule has 2 amide bonds. The second-order valence-electron chi connectivity index (χ2n) is 13.6. The summed E-state index contributed by atoms with van der Waals surface area (Å²) >= 11 is 0. The molecule has 4 aliphatic rings. The molecule has 0 aromatic heterocycles. The minimum absolute atomic E-state index is 0. The van der Waals surface area contributed by atoms with Crippen LogP contribution in [0.4, 0.5) is 11.4 Å². The number of piperidine rings is 2. The van der Waals surface area contributed by atoms with Gasteiger partial charge in [0.1, 0.15) is 0 Å². The van der Waals surface area contributed by atoms with Crippen molar-refractivity contribution < 1.29 is 29.9 Å². The minimum Gasteiger partial charge on any atom is -1.00 e. The van der Waals surface area contributed by atoms with Crippen LogP contribution in [0.25, 0.3) is 0 Å². The van der Waals surface area contributed by atoms with E-state index in [9.17, 15) is 9.59 Å². The number of likely N-dealkylation sites (tertiary alicyclic amines) is 2. The summed E-state index contributed by atoms with van der Waals surface area (Å²) in [6, 6.07) is 16.0. The molecule has 236 valence electrons. The summed E-state index contributed by atoms with van der Waals surface area (Å²) < 4.78 is 0. The van der Waals surface area contributed by atoms with Crippen LogP contribution in [0.5, 0.6) is 0 Å². The van der Waals surface area contributed by atoms with Crippen molar-refractivity contribution >= 4 is 40.6 Å². The maximum absolute atomic E-state index is 12.6. The Labute approximate surface area is 289 Å². The summed E-state index contributed by atoms with van der Waals surface area (Å²) in [5, 5.41) is 0. The van der Waals surface area contributed by atoms with Crippen LogP contribution in [0.3, 0.4) is 0 Å². The zero-order chi connectivity index (χ0) is 30.1. The fourth-order valence-corrected chi connectivity index (χ4v) is 8.29. The van der Waals surface area contributed by atoms with Crippen molar-refractivity contribution in [3.63, 3.8) is 0 Å². The largest absolute Gasteiger partial charge is 1.00 e. The standard InChI is InChI=1S/C18H24N2O2.C18H28N2.Al.Li.4H/c1-3-4-5-8-11-20-16(21)14-15(17(20)22)18(14,2)12-9-6-7-10-13(12)19;1-3-4-5-8-11-20-12-15-16(13-20)18(15,2)14-9-6-7-10-17(14)19;;;;;;/h6-7,9-10,14-15H,3-5,8,11,19H2,1-2H3;6-7,9-10,15-16H,3-5,8,11-13,19H2,1-2H3;;;;;;/q;;;+1;;;;-1. The molecule has 2 aromatic rings. The van der Waals surface area contributed by atoms with Gasteiger partial charge in [0.05, 0.1) is 11.8 Å². The Bertz CT molecular complexity index is 1260. The number of anilines is 2. The molecule has 4 fully saturated rings. The van der Waals surface area contributed by atoms with Crippen molar-refractivity contribution in [3.8, 4) is 0 Å². The molecular formula is C36H56AlLiN4O2. The number of carbonyl (C=O) groups excluding carboxylic acids is 2. The van der Waals surface area contributed by atoms with Crippen LogP contribution >= 0.6 is 0 Å². The normalized spacial score (nSPS) is 29.6. The number of benzene rings is 2. The summed E-state index contributed by atoms with van der Waals surface area (Å²) in [6.07, 6.45) is 9.78. The second kappa shape index (κ2) is 15.2. The van der Waals surface area contributed by atoms with Crippen molar-refractivity contribution in [1.82, 2.24) is 9.80 Å². The van der Waals surface area contributed by atoms with E-state index in [1.54, 1.807) is 0 Å². The third-order valence-electron chi connectivity index (χ3n) is 11.1. The molecule has 4 unspecified atom stereocenters. The number of imide groups is 1. The van der Waals surface area contributed by atoms with Gasteiger partial charge in [0.2, 0.25) is 11.8 Å². The summed E-state index contributed by atoms with van der Waals surface area (Å²) in [5.74, 6) is 1.23. The molecular weight excluding hydrogens is 554 g/mol. The summed E-state index contributed by atoms with van der Waals surface area (Å²) in [5.41, 5.74) is 16.2. The molecule has 2 saturated heterocycles. The molecule has 2 aromatic carbocycles. The molecule has 2 heterocycles. The van der Waals surface area contributed by atoms with Gasteiger partial charge >= 0.3 is 18.9 Å². The number of hydrogen-bond acceptors (Lipinski definition) is 5. The van der Waals surface area contributed by atoms with E-state index in [0.29, 0.717) is 17.6 Å². The van der Waals surface area contributed by atoms with Crippen LogP contribution in [0.2, 0.25) is 0 Å². The van der Waals surface area contributed by atoms with Gasteiger partial charge in [0, 0.05) is 41.8 Å². The Hall–Kier alpha value is -1.73. The fraction of sp³-hybridized carbons (Fsp3) is 0.611. The van der Waals surface area contributed by atoms with E-state index in [1.807, 2.05) is 37.3 Å². The van der Waals surface area contributed by atoms with E-state index in [0.717, 1.165) is 48.8 Å². The molecule has 0 spiro atoms. The van der Waals surface area contributed by atoms with Crippen molar-refractivity contribution in [2.24, 2.45) is 23.7 Å². The van der Waals surface area contributed by atoms with Gasteiger partial charge in [-0.1, -0.05) is 103 Å². The van der Waals surface area contributed by atoms with Gasteiger partial charge in [-0.25, -0.2) is 0 Å². The number of hydrogen-bond donors (Lipinski definition) is 2. The Kier molecular flexibility index (Phi) is 12.7. The Morgan fingerprint density at radius 3 is 1.59 bits per heavy atom. The van der Waals surface area contributed by atoms with Crippen LogP contribution in [0, 0.1) is 23.7 Å². The number of para-hydroxylation sites is 2. The Morgan fingerprint density at radius 2 is 1.14 bits per heavy atom. The smallest absolute Gasteiger partial charge is 1.00 e. The van der Waals surface area contributed by atoms with Gasteiger partial charge in [-0.3, -0.25) is 14.5 Å². The van der Waals surface area contributed by atoms with Gasteiger partial charge in [-0.15, -0.1) is 0 Å². The van der Waals surface area contributed by atoms with Crippen LogP contribution in [0.1, 0.15) is 91.6 Å². The average Bonchev–Trinajstić information content (AvgIpc) is 3.60. The molecule has 8 heteroatoms. The van der Waals surface area contributed by atoms with E-state index in [1.165, 1.54) is 55.8 Å². The SMILES string of the molecule is CCCCCCN1C(=O)C2C(C1=O)C2(C)c1ccccc1N.CCCCCCN1CC2C(C1)C2(C)c1ccccc1N.[AlH3].[H-].[Li+]. The first-order valence-electron chi connectivity index (χ1n) is 16.5. The quantitative estimate of drug-likeness (QED) is 0.167. The van der Waals surface area contributed by atoms with Crippen LogP contribution in [-0.2, 0) is 20.4 Å². The third kappa shape index (κ3) is 6.70. The molecule has 4 atom stereocenters. The van der Waals surface area contributed by atoms with E-state index in [4.69, 9.17) is 11.5 Å².